The first kappa shape index (κ1) is 19.8. The predicted octanol–water partition coefficient (Wildman–Crippen LogP) is 5.46. The molecule has 148 valence electrons. The Morgan fingerprint density at radius 3 is 2.50 bits per heavy atom. The standard InChI is InChI=1S/C21H21F3N2O2/c1-14(28-17-10-8-16(9-11-17)21(22,23)24)4-3-13-27-18-6-2-5-15-7-12-19(25)26-20(15)18/h2,5-12,14H,3-4,13H2,1H3,(H2,25,26). The summed E-state index contributed by atoms with van der Waals surface area (Å²) in [6.07, 6.45) is -3.08. The van der Waals surface area contributed by atoms with E-state index in [1.165, 1.54) is 12.1 Å². The second-order valence-corrected chi connectivity index (χ2v) is 6.51. The lowest BCUT2D eigenvalue weighted by atomic mass is 10.2. The fourth-order valence-electron chi connectivity index (χ4n) is 2.82. The molecular formula is C21H21F3N2O2. The maximum Gasteiger partial charge on any atom is 0.416 e. The van der Waals surface area contributed by atoms with Gasteiger partial charge in [-0.05, 0) is 62.2 Å². The van der Waals surface area contributed by atoms with Crippen LogP contribution < -0.4 is 15.2 Å². The van der Waals surface area contributed by atoms with Gasteiger partial charge in [0.25, 0.3) is 0 Å². The third-order valence-corrected chi connectivity index (χ3v) is 4.24. The van der Waals surface area contributed by atoms with E-state index in [1.807, 2.05) is 31.2 Å². The number of halogens is 3. The highest BCUT2D eigenvalue weighted by Crippen LogP contribution is 2.30. The van der Waals surface area contributed by atoms with E-state index in [-0.39, 0.29) is 6.10 Å². The van der Waals surface area contributed by atoms with Crippen LogP contribution in [-0.2, 0) is 6.18 Å². The van der Waals surface area contributed by atoms with Gasteiger partial charge in [0.05, 0.1) is 18.3 Å². The number of benzene rings is 2. The summed E-state index contributed by atoms with van der Waals surface area (Å²) in [5, 5.41) is 0.950. The molecule has 1 aromatic heterocycles. The number of fused-ring (bicyclic) bond motifs is 1. The number of aromatic nitrogens is 1. The Morgan fingerprint density at radius 2 is 1.79 bits per heavy atom. The molecule has 3 rings (SSSR count). The summed E-state index contributed by atoms with van der Waals surface area (Å²) < 4.78 is 49.2. The molecule has 0 aliphatic rings. The summed E-state index contributed by atoms with van der Waals surface area (Å²) >= 11 is 0. The monoisotopic (exact) mass is 390 g/mol. The molecule has 4 nitrogen and oxygen atoms in total. The summed E-state index contributed by atoms with van der Waals surface area (Å²) in [7, 11) is 0. The van der Waals surface area contributed by atoms with Crippen molar-refractivity contribution in [2.75, 3.05) is 12.3 Å². The van der Waals surface area contributed by atoms with Crippen LogP contribution in [0.15, 0.2) is 54.6 Å². The van der Waals surface area contributed by atoms with E-state index in [0.717, 1.165) is 29.5 Å². The van der Waals surface area contributed by atoms with Crippen molar-refractivity contribution in [2.45, 2.75) is 32.0 Å². The zero-order valence-electron chi connectivity index (χ0n) is 15.4. The van der Waals surface area contributed by atoms with Crippen molar-refractivity contribution in [3.05, 3.63) is 60.2 Å². The third kappa shape index (κ3) is 5.06. The molecule has 0 fully saturated rings. The van der Waals surface area contributed by atoms with Crippen molar-refractivity contribution in [3.63, 3.8) is 0 Å². The normalized spacial score (nSPS) is 12.7. The molecule has 0 spiro atoms. The molecule has 28 heavy (non-hydrogen) atoms. The quantitative estimate of drug-likeness (QED) is 0.544. The van der Waals surface area contributed by atoms with Crippen LogP contribution in [0.4, 0.5) is 19.0 Å². The number of para-hydroxylation sites is 1. The summed E-state index contributed by atoms with van der Waals surface area (Å²) in [6, 6.07) is 14.0. The van der Waals surface area contributed by atoms with E-state index < -0.39 is 11.7 Å². The van der Waals surface area contributed by atoms with Crippen LogP contribution in [0.5, 0.6) is 11.5 Å². The first-order valence-electron chi connectivity index (χ1n) is 8.95. The molecule has 7 heteroatoms. The van der Waals surface area contributed by atoms with Gasteiger partial charge in [-0.3, -0.25) is 0 Å². The van der Waals surface area contributed by atoms with Gasteiger partial charge in [0.15, 0.2) is 0 Å². The Balaban J connectivity index is 1.48. The lowest BCUT2D eigenvalue weighted by molar-refractivity contribution is -0.137. The van der Waals surface area contributed by atoms with Crippen molar-refractivity contribution in [3.8, 4) is 11.5 Å². The van der Waals surface area contributed by atoms with Crippen molar-refractivity contribution in [2.24, 2.45) is 0 Å². The lowest BCUT2D eigenvalue weighted by Gasteiger charge is -2.16. The van der Waals surface area contributed by atoms with Crippen LogP contribution in [0.2, 0.25) is 0 Å². The summed E-state index contributed by atoms with van der Waals surface area (Å²) in [5.74, 6) is 1.51. The number of hydrogen-bond donors (Lipinski definition) is 1. The van der Waals surface area contributed by atoms with Crippen molar-refractivity contribution in [1.82, 2.24) is 4.98 Å². The average molecular weight is 390 g/mol. The van der Waals surface area contributed by atoms with Gasteiger partial charge in [0.1, 0.15) is 22.8 Å². The second kappa shape index (κ2) is 8.37. The second-order valence-electron chi connectivity index (χ2n) is 6.51. The molecule has 0 bridgehead atoms. The van der Waals surface area contributed by atoms with Crippen LogP contribution in [-0.4, -0.2) is 17.7 Å². The first-order chi connectivity index (χ1) is 13.3. The Kier molecular flexibility index (Phi) is 5.92. The van der Waals surface area contributed by atoms with Crippen LogP contribution >= 0.6 is 0 Å². The predicted molar refractivity (Wildman–Crippen MR) is 102 cm³/mol. The number of alkyl halides is 3. The third-order valence-electron chi connectivity index (χ3n) is 4.24. The Hall–Kier alpha value is -2.96. The molecule has 0 aliphatic carbocycles. The molecule has 0 aliphatic heterocycles. The van der Waals surface area contributed by atoms with E-state index in [4.69, 9.17) is 15.2 Å². The molecule has 0 amide bonds. The van der Waals surface area contributed by atoms with E-state index in [0.29, 0.717) is 30.3 Å². The molecule has 1 heterocycles. The number of anilines is 1. The average Bonchev–Trinajstić information content (AvgIpc) is 2.65. The number of rotatable bonds is 7. The van der Waals surface area contributed by atoms with Gasteiger partial charge in [0, 0.05) is 5.39 Å². The van der Waals surface area contributed by atoms with Gasteiger partial charge in [-0.2, -0.15) is 13.2 Å². The minimum atomic E-state index is -4.34. The fourth-order valence-corrected chi connectivity index (χ4v) is 2.82. The van der Waals surface area contributed by atoms with E-state index in [9.17, 15) is 13.2 Å². The van der Waals surface area contributed by atoms with Crippen LogP contribution in [0.3, 0.4) is 0 Å². The summed E-state index contributed by atoms with van der Waals surface area (Å²) in [6.45, 7) is 2.34. The number of pyridine rings is 1. The minimum Gasteiger partial charge on any atom is -0.491 e. The number of nitrogens with two attached hydrogens (primary N) is 1. The summed E-state index contributed by atoms with van der Waals surface area (Å²) in [4.78, 5) is 4.32. The number of nitrogen functional groups attached to an aromatic ring is 1. The largest absolute Gasteiger partial charge is 0.491 e. The molecular weight excluding hydrogens is 369 g/mol. The van der Waals surface area contributed by atoms with Crippen molar-refractivity contribution < 1.29 is 22.6 Å². The number of hydrogen-bond acceptors (Lipinski definition) is 4. The zero-order chi connectivity index (χ0) is 20.1. The molecule has 2 aromatic carbocycles. The van der Waals surface area contributed by atoms with Gasteiger partial charge in [-0.1, -0.05) is 12.1 Å². The molecule has 0 saturated carbocycles. The topological polar surface area (TPSA) is 57.4 Å². The fraction of sp³-hybridized carbons (Fsp3) is 0.286. The highest BCUT2D eigenvalue weighted by Gasteiger charge is 2.30. The highest BCUT2D eigenvalue weighted by atomic mass is 19.4. The molecule has 0 radical (unpaired) electrons. The Bertz CT molecular complexity index is 927. The van der Waals surface area contributed by atoms with Gasteiger partial charge in [-0.25, -0.2) is 4.98 Å². The zero-order valence-corrected chi connectivity index (χ0v) is 15.4. The van der Waals surface area contributed by atoms with Crippen molar-refractivity contribution >= 4 is 16.7 Å². The van der Waals surface area contributed by atoms with Crippen LogP contribution in [0.25, 0.3) is 10.9 Å². The molecule has 0 saturated heterocycles. The SMILES string of the molecule is CC(CCCOc1cccc2ccc(N)nc12)Oc1ccc(C(F)(F)F)cc1. The lowest BCUT2D eigenvalue weighted by Crippen LogP contribution is -2.13. The first-order valence-corrected chi connectivity index (χ1v) is 8.95. The van der Waals surface area contributed by atoms with Crippen LogP contribution in [0, 0.1) is 0 Å². The maximum absolute atomic E-state index is 12.6. The van der Waals surface area contributed by atoms with Crippen molar-refractivity contribution in [1.29, 1.82) is 0 Å². The van der Waals surface area contributed by atoms with E-state index in [1.54, 1.807) is 6.07 Å². The van der Waals surface area contributed by atoms with E-state index in [2.05, 4.69) is 4.98 Å². The van der Waals surface area contributed by atoms with Gasteiger partial charge < -0.3 is 15.2 Å². The van der Waals surface area contributed by atoms with Gasteiger partial charge in [-0.15, -0.1) is 0 Å². The van der Waals surface area contributed by atoms with Crippen LogP contribution in [0.1, 0.15) is 25.3 Å². The summed E-state index contributed by atoms with van der Waals surface area (Å²) in [5.41, 5.74) is 5.78. The molecule has 1 unspecified atom stereocenters. The smallest absolute Gasteiger partial charge is 0.416 e. The Morgan fingerprint density at radius 1 is 1.04 bits per heavy atom. The van der Waals surface area contributed by atoms with E-state index >= 15 is 0 Å². The number of ether oxygens (including phenoxy) is 2. The molecule has 3 aromatic rings. The highest BCUT2D eigenvalue weighted by molar-refractivity contribution is 5.85. The number of nitrogens with zero attached hydrogens (tertiary/aromatic N) is 1. The Labute approximate surface area is 161 Å². The van der Waals surface area contributed by atoms with Gasteiger partial charge in [0.2, 0.25) is 0 Å². The van der Waals surface area contributed by atoms with Gasteiger partial charge >= 0.3 is 6.18 Å². The molecule has 2 N–H and O–H groups in total. The maximum atomic E-state index is 12.6. The minimum absolute atomic E-state index is 0.151. The molecule has 1 atom stereocenters.